The molecule has 1 saturated heterocycles. The Labute approximate surface area is 139 Å². The molecular weight excluding hydrogens is 312 g/mol. The van der Waals surface area contributed by atoms with Crippen molar-refractivity contribution in [1.29, 1.82) is 0 Å². The van der Waals surface area contributed by atoms with E-state index in [9.17, 15) is 9.90 Å². The van der Waals surface area contributed by atoms with Gasteiger partial charge in [0.15, 0.2) is 0 Å². The van der Waals surface area contributed by atoms with Crippen LogP contribution in [0.4, 0.5) is 5.95 Å². The van der Waals surface area contributed by atoms with Crippen molar-refractivity contribution in [3.05, 3.63) is 40.8 Å². The number of β-amino-alcohol motifs (C(OH)–C–C–N with tert-alkyl or cyclic N) is 1. The number of carbonyl (C=O) groups is 1. The number of aliphatic hydroxyl groups is 1. The SMILES string of the molecule is O=C(Cc1cccs1)NC[C@]1(O)CCCN(c2ncccn2)C1. The quantitative estimate of drug-likeness (QED) is 0.861. The smallest absolute Gasteiger partial charge is 0.225 e. The zero-order valence-corrected chi connectivity index (χ0v) is 13.6. The van der Waals surface area contributed by atoms with Gasteiger partial charge in [-0.15, -0.1) is 11.3 Å². The Kier molecular flexibility index (Phi) is 4.88. The van der Waals surface area contributed by atoms with Crippen molar-refractivity contribution < 1.29 is 9.90 Å². The van der Waals surface area contributed by atoms with Gasteiger partial charge in [-0.2, -0.15) is 0 Å². The van der Waals surface area contributed by atoms with Gasteiger partial charge in [0.05, 0.1) is 18.6 Å². The monoisotopic (exact) mass is 332 g/mol. The average Bonchev–Trinajstić information content (AvgIpc) is 3.07. The molecule has 6 nitrogen and oxygen atoms in total. The van der Waals surface area contributed by atoms with Crippen molar-refractivity contribution in [3.63, 3.8) is 0 Å². The Morgan fingerprint density at radius 1 is 1.39 bits per heavy atom. The van der Waals surface area contributed by atoms with Crippen LogP contribution in [-0.2, 0) is 11.2 Å². The first kappa shape index (κ1) is 15.9. The number of hydrogen-bond acceptors (Lipinski definition) is 6. The maximum absolute atomic E-state index is 12.0. The molecule has 23 heavy (non-hydrogen) atoms. The molecule has 0 aromatic carbocycles. The summed E-state index contributed by atoms with van der Waals surface area (Å²) in [7, 11) is 0. The zero-order valence-electron chi connectivity index (χ0n) is 12.8. The first-order chi connectivity index (χ1) is 11.1. The minimum absolute atomic E-state index is 0.0611. The molecule has 1 fully saturated rings. The normalized spacial score (nSPS) is 21.2. The fourth-order valence-corrected chi connectivity index (χ4v) is 3.48. The first-order valence-electron chi connectivity index (χ1n) is 7.68. The van der Waals surface area contributed by atoms with E-state index in [0.29, 0.717) is 25.3 Å². The molecular formula is C16H20N4O2S. The van der Waals surface area contributed by atoms with Gasteiger partial charge in [-0.05, 0) is 30.4 Å². The third kappa shape index (κ3) is 4.27. The number of nitrogens with zero attached hydrogens (tertiary/aromatic N) is 3. The molecule has 0 bridgehead atoms. The fraction of sp³-hybridized carbons (Fsp3) is 0.438. The first-order valence-corrected chi connectivity index (χ1v) is 8.56. The number of amides is 1. The molecule has 0 radical (unpaired) electrons. The predicted octanol–water partition coefficient (Wildman–Crippen LogP) is 1.23. The van der Waals surface area contributed by atoms with Crippen molar-refractivity contribution in [2.24, 2.45) is 0 Å². The lowest BCUT2D eigenvalue weighted by atomic mass is 9.93. The Hall–Kier alpha value is -1.99. The van der Waals surface area contributed by atoms with Crippen LogP contribution in [0.15, 0.2) is 36.0 Å². The number of aromatic nitrogens is 2. The van der Waals surface area contributed by atoms with E-state index in [1.807, 2.05) is 22.4 Å². The molecule has 122 valence electrons. The molecule has 1 aliphatic heterocycles. The highest BCUT2D eigenvalue weighted by molar-refractivity contribution is 7.10. The standard InChI is InChI=1S/C16H20N4O2S/c21-14(10-13-4-1-9-23-13)19-11-16(22)5-2-8-20(12-16)15-17-6-3-7-18-15/h1,3-4,6-7,9,22H,2,5,8,10-12H2,(H,19,21)/t16-/m1/s1. The summed E-state index contributed by atoms with van der Waals surface area (Å²) >= 11 is 1.56. The molecule has 0 aliphatic carbocycles. The van der Waals surface area contributed by atoms with Gasteiger partial charge >= 0.3 is 0 Å². The summed E-state index contributed by atoms with van der Waals surface area (Å²) in [6.45, 7) is 1.49. The van der Waals surface area contributed by atoms with Crippen LogP contribution in [0.2, 0.25) is 0 Å². The molecule has 2 N–H and O–H groups in total. The Morgan fingerprint density at radius 3 is 2.96 bits per heavy atom. The third-order valence-electron chi connectivity index (χ3n) is 3.92. The summed E-state index contributed by atoms with van der Waals surface area (Å²) in [5.74, 6) is 0.560. The van der Waals surface area contributed by atoms with Gasteiger partial charge < -0.3 is 15.3 Å². The van der Waals surface area contributed by atoms with Gasteiger partial charge in [0.1, 0.15) is 0 Å². The fourth-order valence-electron chi connectivity index (χ4n) is 2.78. The number of anilines is 1. The highest BCUT2D eigenvalue weighted by atomic mass is 32.1. The summed E-state index contributed by atoms with van der Waals surface area (Å²) < 4.78 is 0. The molecule has 0 saturated carbocycles. The van der Waals surface area contributed by atoms with E-state index in [0.717, 1.165) is 17.8 Å². The summed E-state index contributed by atoms with van der Waals surface area (Å²) in [6.07, 6.45) is 5.25. The van der Waals surface area contributed by atoms with Crippen molar-refractivity contribution in [3.8, 4) is 0 Å². The summed E-state index contributed by atoms with van der Waals surface area (Å²) in [6, 6.07) is 5.64. The Morgan fingerprint density at radius 2 is 2.22 bits per heavy atom. The van der Waals surface area contributed by atoms with E-state index >= 15 is 0 Å². The van der Waals surface area contributed by atoms with Gasteiger partial charge in [-0.25, -0.2) is 9.97 Å². The van der Waals surface area contributed by atoms with E-state index in [4.69, 9.17) is 0 Å². The van der Waals surface area contributed by atoms with Crippen molar-refractivity contribution in [2.45, 2.75) is 24.9 Å². The van der Waals surface area contributed by atoms with Crippen molar-refractivity contribution in [1.82, 2.24) is 15.3 Å². The third-order valence-corrected chi connectivity index (χ3v) is 4.80. The second-order valence-electron chi connectivity index (χ2n) is 5.83. The Bertz CT molecular complexity index is 635. The summed E-state index contributed by atoms with van der Waals surface area (Å²) in [4.78, 5) is 23.4. The molecule has 2 aromatic heterocycles. The maximum atomic E-state index is 12.0. The van der Waals surface area contributed by atoms with Crippen LogP contribution in [0.3, 0.4) is 0 Å². The molecule has 1 amide bonds. The van der Waals surface area contributed by atoms with Gasteiger partial charge in [-0.1, -0.05) is 6.07 Å². The lowest BCUT2D eigenvalue weighted by Gasteiger charge is -2.39. The van der Waals surface area contributed by atoms with Gasteiger partial charge in [-0.3, -0.25) is 4.79 Å². The zero-order chi connectivity index (χ0) is 16.1. The highest BCUT2D eigenvalue weighted by Gasteiger charge is 2.34. The van der Waals surface area contributed by atoms with E-state index in [1.54, 1.807) is 29.8 Å². The van der Waals surface area contributed by atoms with Crippen LogP contribution in [0.1, 0.15) is 17.7 Å². The molecule has 1 atom stereocenters. The molecule has 1 aliphatic rings. The van der Waals surface area contributed by atoms with Gasteiger partial charge in [0.25, 0.3) is 0 Å². The molecule has 3 rings (SSSR count). The number of carbonyl (C=O) groups excluding carboxylic acids is 1. The van der Waals surface area contributed by atoms with E-state index in [1.165, 1.54) is 0 Å². The Balaban J connectivity index is 1.55. The second kappa shape index (κ2) is 7.06. The number of thiophene rings is 1. The van der Waals surface area contributed by atoms with Gasteiger partial charge in [0, 0.05) is 30.4 Å². The maximum Gasteiger partial charge on any atom is 0.225 e. The molecule has 3 heterocycles. The molecule has 0 spiro atoms. The molecule has 0 unspecified atom stereocenters. The molecule has 7 heteroatoms. The van der Waals surface area contributed by atoms with E-state index in [-0.39, 0.29) is 12.5 Å². The largest absolute Gasteiger partial charge is 0.386 e. The number of nitrogens with one attached hydrogen (secondary N) is 1. The van der Waals surface area contributed by atoms with Crippen LogP contribution in [0.5, 0.6) is 0 Å². The highest BCUT2D eigenvalue weighted by Crippen LogP contribution is 2.23. The molecule has 2 aromatic rings. The van der Waals surface area contributed by atoms with Crippen LogP contribution in [0.25, 0.3) is 0 Å². The minimum atomic E-state index is -0.942. The summed E-state index contributed by atoms with van der Waals surface area (Å²) in [5.41, 5.74) is -0.942. The van der Waals surface area contributed by atoms with Crippen LogP contribution in [-0.4, -0.2) is 46.2 Å². The van der Waals surface area contributed by atoms with Crippen LogP contribution >= 0.6 is 11.3 Å². The van der Waals surface area contributed by atoms with E-state index in [2.05, 4.69) is 15.3 Å². The minimum Gasteiger partial charge on any atom is -0.386 e. The predicted molar refractivity (Wildman–Crippen MR) is 89.5 cm³/mol. The topological polar surface area (TPSA) is 78.4 Å². The lowest BCUT2D eigenvalue weighted by Crippen LogP contribution is -2.54. The number of piperidine rings is 1. The average molecular weight is 332 g/mol. The van der Waals surface area contributed by atoms with E-state index < -0.39 is 5.60 Å². The van der Waals surface area contributed by atoms with Crippen LogP contribution < -0.4 is 10.2 Å². The van der Waals surface area contributed by atoms with Crippen molar-refractivity contribution >= 4 is 23.2 Å². The van der Waals surface area contributed by atoms with Gasteiger partial charge in [0.2, 0.25) is 11.9 Å². The van der Waals surface area contributed by atoms with Crippen molar-refractivity contribution in [2.75, 3.05) is 24.5 Å². The number of rotatable bonds is 5. The second-order valence-corrected chi connectivity index (χ2v) is 6.86. The van der Waals surface area contributed by atoms with Crippen LogP contribution in [0, 0.1) is 0 Å². The lowest BCUT2D eigenvalue weighted by molar-refractivity contribution is -0.121. The summed E-state index contributed by atoms with van der Waals surface area (Å²) in [5, 5.41) is 15.6. The number of hydrogen-bond donors (Lipinski definition) is 2.